The normalized spacial score (nSPS) is 11.1. The number of benzene rings is 2. The summed E-state index contributed by atoms with van der Waals surface area (Å²) in [4.78, 5) is 9.47. The number of hydrogen-bond acceptors (Lipinski definition) is 3. The molecule has 2 aromatic rings. The minimum absolute atomic E-state index is 0.165. The first kappa shape index (κ1) is 13.5. The molecule has 0 aliphatic heterocycles. The maximum Gasteiger partial charge on any atom is 0.584 e. The minimum Gasteiger partial charge on any atom is -0.395 e. The Labute approximate surface area is 107 Å². The van der Waals surface area contributed by atoms with Gasteiger partial charge in [-0.2, -0.15) is 0 Å². The lowest BCUT2D eigenvalue weighted by Gasteiger charge is -2.13. The summed E-state index contributed by atoms with van der Waals surface area (Å²) in [5.74, 6) is -1.57. The van der Waals surface area contributed by atoms with Gasteiger partial charge in [-0.1, -0.05) is 12.1 Å². The fraction of sp³-hybridized carbons (Fsp3) is 0. The predicted molar refractivity (Wildman–Crippen MR) is 63.9 cm³/mol. The number of phosphoric ester groups is 1. The summed E-state index contributed by atoms with van der Waals surface area (Å²) in [6, 6.07) is 9.38. The molecule has 2 aromatic carbocycles. The summed E-state index contributed by atoms with van der Waals surface area (Å²) in [5, 5.41) is 0. The second-order valence-corrected chi connectivity index (χ2v) is 4.87. The highest BCUT2D eigenvalue weighted by molar-refractivity contribution is 7.48. The average molecular weight is 286 g/mol. The van der Waals surface area contributed by atoms with Gasteiger partial charge in [-0.3, -0.25) is 4.89 Å². The minimum atomic E-state index is -4.51. The predicted octanol–water partition coefficient (Wildman–Crippen LogP) is 3.52. The molecule has 0 saturated heterocycles. The Kier molecular flexibility index (Phi) is 3.83. The van der Waals surface area contributed by atoms with Crippen LogP contribution in [0.25, 0.3) is 0 Å². The molecule has 0 saturated carbocycles. The van der Waals surface area contributed by atoms with E-state index in [0.717, 1.165) is 24.3 Å². The van der Waals surface area contributed by atoms with Crippen LogP contribution >= 0.6 is 7.82 Å². The van der Waals surface area contributed by atoms with Gasteiger partial charge in [-0.05, 0) is 24.3 Å². The van der Waals surface area contributed by atoms with Crippen molar-refractivity contribution in [3.63, 3.8) is 0 Å². The molecule has 0 heterocycles. The summed E-state index contributed by atoms with van der Waals surface area (Å²) < 4.78 is 46.7. The molecule has 1 N–H and O–H groups in total. The topological polar surface area (TPSA) is 55.8 Å². The lowest BCUT2D eigenvalue weighted by molar-refractivity contribution is 0.290. The van der Waals surface area contributed by atoms with E-state index < -0.39 is 19.5 Å². The van der Waals surface area contributed by atoms with Crippen molar-refractivity contribution in [2.45, 2.75) is 0 Å². The first-order valence-electron chi connectivity index (χ1n) is 5.18. The third-order valence-corrected chi connectivity index (χ3v) is 2.92. The summed E-state index contributed by atoms with van der Waals surface area (Å²) in [5.41, 5.74) is 0. The number of halogens is 2. The highest BCUT2D eigenvalue weighted by Crippen LogP contribution is 2.44. The number of hydrogen-bond donors (Lipinski definition) is 1. The summed E-state index contributed by atoms with van der Waals surface area (Å²) >= 11 is 0. The highest BCUT2D eigenvalue weighted by atomic mass is 31.2. The molecule has 4 nitrogen and oxygen atoms in total. The molecule has 0 aromatic heterocycles. The molecule has 0 aliphatic rings. The second-order valence-electron chi connectivity index (χ2n) is 3.57. The van der Waals surface area contributed by atoms with Crippen molar-refractivity contribution in [1.29, 1.82) is 0 Å². The van der Waals surface area contributed by atoms with Crippen LogP contribution in [-0.4, -0.2) is 4.89 Å². The quantitative estimate of drug-likeness (QED) is 0.874. The van der Waals surface area contributed by atoms with Gasteiger partial charge in [0.25, 0.3) is 0 Å². The lowest BCUT2D eigenvalue weighted by atomic mass is 10.3. The first-order chi connectivity index (χ1) is 8.94. The van der Waals surface area contributed by atoms with Gasteiger partial charge in [0.15, 0.2) is 0 Å². The van der Waals surface area contributed by atoms with Gasteiger partial charge in [-0.25, -0.2) is 13.3 Å². The van der Waals surface area contributed by atoms with E-state index in [4.69, 9.17) is 0 Å². The van der Waals surface area contributed by atoms with Gasteiger partial charge in [0, 0.05) is 12.1 Å². The van der Waals surface area contributed by atoms with Crippen LogP contribution in [-0.2, 0) is 4.57 Å². The van der Waals surface area contributed by atoms with Crippen LogP contribution in [0.4, 0.5) is 8.78 Å². The van der Waals surface area contributed by atoms with Crippen molar-refractivity contribution < 1.29 is 27.3 Å². The van der Waals surface area contributed by atoms with E-state index in [1.165, 1.54) is 24.3 Å². The van der Waals surface area contributed by atoms with Crippen LogP contribution in [0, 0.1) is 11.6 Å². The smallest absolute Gasteiger partial charge is 0.395 e. The van der Waals surface area contributed by atoms with E-state index in [2.05, 4.69) is 9.05 Å². The van der Waals surface area contributed by atoms with E-state index in [0.29, 0.717) is 0 Å². The average Bonchev–Trinajstić information content (AvgIpc) is 2.27. The Bertz CT molecular complexity index is 581. The summed E-state index contributed by atoms with van der Waals surface area (Å²) in [6.45, 7) is 0. The molecular formula is C12H9F2O4P. The maximum absolute atomic E-state index is 12.9. The number of phosphoric acid groups is 1. The van der Waals surface area contributed by atoms with Gasteiger partial charge in [0.1, 0.15) is 23.1 Å². The molecule has 0 atom stereocenters. The fourth-order valence-corrected chi connectivity index (χ4v) is 2.13. The Morgan fingerprint density at radius 3 is 1.68 bits per heavy atom. The van der Waals surface area contributed by atoms with Crippen molar-refractivity contribution in [3.05, 3.63) is 60.2 Å². The lowest BCUT2D eigenvalue weighted by Crippen LogP contribution is -2.00. The molecule has 0 aliphatic carbocycles. The van der Waals surface area contributed by atoms with Crippen LogP contribution in [0.5, 0.6) is 11.5 Å². The third-order valence-electron chi connectivity index (χ3n) is 2.03. The van der Waals surface area contributed by atoms with Crippen molar-refractivity contribution in [2.24, 2.45) is 0 Å². The van der Waals surface area contributed by atoms with Crippen LogP contribution in [0.3, 0.4) is 0 Å². The Morgan fingerprint density at radius 2 is 1.32 bits per heavy atom. The zero-order valence-electron chi connectivity index (χ0n) is 9.49. The van der Waals surface area contributed by atoms with E-state index in [9.17, 15) is 18.2 Å². The Hall–Kier alpha value is -1.91. The monoisotopic (exact) mass is 286 g/mol. The van der Waals surface area contributed by atoms with Gasteiger partial charge in [-0.15, -0.1) is 0 Å². The second kappa shape index (κ2) is 5.38. The molecule has 0 radical (unpaired) electrons. The molecule has 0 bridgehead atoms. The molecule has 0 unspecified atom stereocenters. The maximum atomic E-state index is 12.9. The molecule has 0 fully saturated rings. The van der Waals surface area contributed by atoms with Gasteiger partial charge in [0.05, 0.1) is 0 Å². The molecule has 100 valence electrons. The zero-order valence-corrected chi connectivity index (χ0v) is 10.4. The SMILES string of the molecule is O=P(O)(Oc1cccc(F)c1)Oc1cccc(F)c1. The largest absolute Gasteiger partial charge is 0.584 e. The highest BCUT2D eigenvalue weighted by Gasteiger charge is 2.25. The van der Waals surface area contributed by atoms with E-state index in [1.807, 2.05) is 0 Å². The van der Waals surface area contributed by atoms with Gasteiger partial charge < -0.3 is 9.05 Å². The standard InChI is InChI=1S/C12H9F2O4P/c13-9-3-1-5-11(7-9)17-19(15,16)18-12-6-2-4-10(14)8-12/h1-8H,(H,15,16). The van der Waals surface area contributed by atoms with Crippen molar-refractivity contribution in [2.75, 3.05) is 0 Å². The molecule has 2 rings (SSSR count). The zero-order chi connectivity index (χ0) is 13.9. The third kappa shape index (κ3) is 4.05. The van der Waals surface area contributed by atoms with Crippen LogP contribution < -0.4 is 9.05 Å². The molecule has 19 heavy (non-hydrogen) atoms. The number of rotatable bonds is 4. The fourth-order valence-electron chi connectivity index (χ4n) is 1.33. The van der Waals surface area contributed by atoms with Crippen molar-refractivity contribution in [1.82, 2.24) is 0 Å². The van der Waals surface area contributed by atoms with E-state index >= 15 is 0 Å². The van der Waals surface area contributed by atoms with E-state index in [-0.39, 0.29) is 11.5 Å². The van der Waals surface area contributed by atoms with Crippen molar-refractivity contribution in [3.8, 4) is 11.5 Å². The van der Waals surface area contributed by atoms with Crippen LogP contribution in [0.1, 0.15) is 0 Å². The van der Waals surface area contributed by atoms with Crippen LogP contribution in [0.15, 0.2) is 48.5 Å². The van der Waals surface area contributed by atoms with Crippen molar-refractivity contribution >= 4 is 7.82 Å². The molecule has 0 spiro atoms. The molecule has 7 heteroatoms. The Balaban J connectivity index is 2.12. The first-order valence-corrected chi connectivity index (χ1v) is 6.67. The Morgan fingerprint density at radius 1 is 0.895 bits per heavy atom. The summed E-state index contributed by atoms with van der Waals surface area (Å²) in [6.07, 6.45) is 0. The van der Waals surface area contributed by atoms with Gasteiger partial charge >= 0.3 is 7.82 Å². The molecular weight excluding hydrogens is 277 g/mol. The van der Waals surface area contributed by atoms with Crippen LogP contribution in [0.2, 0.25) is 0 Å². The van der Waals surface area contributed by atoms with E-state index in [1.54, 1.807) is 0 Å². The van der Waals surface area contributed by atoms with Gasteiger partial charge in [0.2, 0.25) is 0 Å². The summed E-state index contributed by atoms with van der Waals surface area (Å²) in [7, 11) is -4.51. The molecule has 0 amide bonds.